The Kier molecular flexibility index (Phi) is 6.21. The molecule has 1 aromatic heterocycles. The lowest BCUT2D eigenvalue weighted by Crippen LogP contribution is -2.18. The van der Waals surface area contributed by atoms with Crippen molar-refractivity contribution in [2.24, 2.45) is 0 Å². The number of rotatable bonds is 4. The molecule has 19 heavy (non-hydrogen) atoms. The van der Waals surface area contributed by atoms with Gasteiger partial charge in [0.1, 0.15) is 12.4 Å². The summed E-state index contributed by atoms with van der Waals surface area (Å²) in [6.45, 7) is 0.0627. The summed E-state index contributed by atoms with van der Waals surface area (Å²) in [5, 5.41) is 19.5. The minimum absolute atomic E-state index is 0.111. The third-order valence-corrected chi connectivity index (χ3v) is 2.59. The van der Waals surface area contributed by atoms with Gasteiger partial charge in [-0.25, -0.2) is 0 Å². The molecule has 0 radical (unpaired) electrons. The van der Waals surface area contributed by atoms with Crippen molar-refractivity contribution in [2.75, 3.05) is 14.2 Å². The number of hydrogen-bond donors (Lipinski definition) is 2. The van der Waals surface area contributed by atoms with Crippen molar-refractivity contribution in [1.29, 1.82) is 0 Å². The van der Waals surface area contributed by atoms with Crippen molar-refractivity contribution in [2.45, 2.75) is 19.3 Å². The Hall–Kier alpha value is -1.69. The fourth-order valence-electron chi connectivity index (χ4n) is 1.84. The van der Waals surface area contributed by atoms with E-state index in [1.807, 2.05) is 30.3 Å². The maximum atomic E-state index is 10.4. The maximum Gasteiger partial charge on any atom is 0.150 e. The van der Waals surface area contributed by atoms with Gasteiger partial charge < -0.3 is 24.3 Å². The molecule has 1 aromatic carbocycles. The number of ether oxygens (including phenoxy) is 1. The predicted molar refractivity (Wildman–Crippen MR) is 72.9 cm³/mol. The minimum atomic E-state index is -1.04. The molecule has 0 saturated heterocycles. The first-order chi connectivity index (χ1) is 9.17. The number of nitrogens with zero attached hydrogens (tertiary/aromatic N) is 1. The summed E-state index contributed by atoms with van der Waals surface area (Å²) in [5.41, 5.74) is 1.61. The van der Waals surface area contributed by atoms with Gasteiger partial charge >= 0.3 is 0 Å². The SMILES string of the molecule is COC.O=CC(O)Cn1c(CO)cc2ccccc21. The highest BCUT2D eigenvalue weighted by Crippen LogP contribution is 2.20. The molecule has 1 heterocycles. The molecule has 0 spiro atoms. The van der Waals surface area contributed by atoms with Crippen LogP contribution in [0.25, 0.3) is 10.9 Å². The Balaban J connectivity index is 0.000000550. The summed E-state index contributed by atoms with van der Waals surface area (Å²) in [6.07, 6.45) is -0.545. The summed E-state index contributed by atoms with van der Waals surface area (Å²) in [7, 11) is 3.25. The van der Waals surface area contributed by atoms with E-state index < -0.39 is 6.10 Å². The van der Waals surface area contributed by atoms with Crippen molar-refractivity contribution in [3.63, 3.8) is 0 Å². The largest absolute Gasteiger partial charge is 0.390 e. The molecular weight excluding hydrogens is 246 g/mol. The van der Waals surface area contributed by atoms with Crippen LogP contribution in [0.15, 0.2) is 30.3 Å². The number of aromatic nitrogens is 1. The first kappa shape index (κ1) is 15.4. The van der Waals surface area contributed by atoms with Gasteiger partial charge in [-0.1, -0.05) is 18.2 Å². The van der Waals surface area contributed by atoms with Crippen LogP contribution in [0.1, 0.15) is 5.69 Å². The predicted octanol–water partition coefficient (Wildman–Crippen LogP) is 0.956. The topological polar surface area (TPSA) is 71.7 Å². The minimum Gasteiger partial charge on any atom is -0.390 e. The standard InChI is InChI=1S/C12H13NO3.C2H6O/c14-7-10-5-9-3-1-2-4-12(9)13(10)6-11(16)8-15;1-3-2/h1-5,8,11,14,16H,6-7H2;1-2H3. The van der Waals surface area contributed by atoms with E-state index in [1.54, 1.807) is 18.8 Å². The van der Waals surface area contributed by atoms with Crippen LogP contribution in [-0.2, 0) is 22.7 Å². The van der Waals surface area contributed by atoms with E-state index in [9.17, 15) is 15.0 Å². The van der Waals surface area contributed by atoms with Crippen LogP contribution in [-0.4, -0.2) is 41.4 Å². The third kappa shape index (κ3) is 3.89. The Morgan fingerprint density at radius 1 is 1.37 bits per heavy atom. The average molecular weight is 265 g/mol. The van der Waals surface area contributed by atoms with Gasteiger partial charge in [-0.05, 0) is 17.5 Å². The van der Waals surface area contributed by atoms with Crippen LogP contribution in [0.2, 0.25) is 0 Å². The zero-order valence-corrected chi connectivity index (χ0v) is 11.1. The number of hydrogen-bond acceptors (Lipinski definition) is 4. The van der Waals surface area contributed by atoms with Gasteiger partial charge in [-0.3, -0.25) is 0 Å². The third-order valence-electron chi connectivity index (χ3n) is 2.59. The highest BCUT2D eigenvalue weighted by molar-refractivity contribution is 5.81. The van der Waals surface area contributed by atoms with E-state index in [2.05, 4.69) is 4.74 Å². The molecule has 2 aromatic rings. The first-order valence-electron chi connectivity index (χ1n) is 5.89. The summed E-state index contributed by atoms with van der Waals surface area (Å²) >= 11 is 0. The Morgan fingerprint density at radius 2 is 2.00 bits per heavy atom. The van der Waals surface area contributed by atoms with Crippen LogP contribution in [0, 0.1) is 0 Å². The highest BCUT2D eigenvalue weighted by Gasteiger charge is 2.10. The van der Waals surface area contributed by atoms with Crippen molar-refractivity contribution >= 4 is 17.2 Å². The molecule has 5 nitrogen and oxygen atoms in total. The quantitative estimate of drug-likeness (QED) is 0.808. The van der Waals surface area contributed by atoms with Crippen LogP contribution >= 0.6 is 0 Å². The summed E-state index contributed by atoms with van der Waals surface area (Å²) in [6, 6.07) is 9.47. The number of methoxy groups -OCH3 is 1. The lowest BCUT2D eigenvalue weighted by Gasteiger charge is -2.10. The zero-order valence-electron chi connectivity index (χ0n) is 11.1. The second-order valence-corrected chi connectivity index (χ2v) is 4.07. The number of aliphatic hydroxyl groups excluding tert-OH is 2. The van der Waals surface area contributed by atoms with E-state index in [0.29, 0.717) is 12.0 Å². The van der Waals surface area contributed by atoms with Gasteiger partial charge in [0.2, 0.25) is 0 Å². The molecule has 0 saturated carbocycles. The average Bonchev–Trinajstić information content (AvgIpc) is 2.78. The molecule has 5 heteroatoms. The lowest BCUT2D eigenvalue weighted by atomic mass is 10.2. The Labute approximate surface area is 112 Å². The molecule has 1 atom stereocenters. The zero-order chi connectivity index (χ0) is 14.3. The van der Waals surface area contributed by atoms with Crippen LogP contribution in [0.4, 0.5) is 0 Å². The fraction of sp³-hybridized carbons (Fsp3) is 0.357. The molecule has 0 bridgehead atoms. The van der Waals surface area contributed by atoms with Gasteiger partial charge in [0.15, 0.2) is 0 Å². The number of para-hydroxylation sites is 1. The molecule has 2 rings (SSSR count). The molecule has 2 N–H and O–H groups in total. The molecule has 104 valence electrons. The second-order valence-electron chi connectivity index (χ2n) is 4.07. The number of aliphatic hydroxyl groups is 2. The molecule has 1 unspecified atom stereocenters. The summed E-state index contributed by atoms with van der Waals surface area (Å²) in [4.78, 5) is 10.4. The van der Waals surface area contributed by atoms with Crippen LogP contribution in [0.5, 0.6) is 0 Å². The van der Waals surface area contributed by atoms with Crippen molar-refractivity contribution in [1.82, 2.24) is 4.57 Å². The molecule has 0 aliphatic heterocycles. The van der Waals surface area contributed by atoms with Crippen LogP contribution < -0.4 is 0 Å². The molecule has 0 aliphatic carbocycles. The molecule has 0 fully saturated rings. The number of aldehydes is 1. The Bertz CT molecular complexity index is 521. The number of carbonyl (C=O) groups is 1. The maximum absolute atomic E-state index is 10.4. The van der Waals surface area contributed by atoms with Gasteiger partial charge in [-0.2, -0.15) is 0 Å². The second kappa shape index (κ2) is 7.68. The van der Waals surface area contributed by atoms with Crippen molar-refractivity contribution < 1.29 is 19.7 Å². The van der Waals surface area contributed by atoms with Crippen molar-refractivity contribution in [3.05, 3.63) is 36.0 Å². The number of benzene rings is 1. The summed E-state index contributed by atoms with van der Waals surface area (Å²) < 4.78 is 6.01. The fourth-order valence-corrected chi connectivity index (χ4v) is 1.84. The van der Waals surface area contributed by atoms with Gasteiger partial charge in [0.05, 0.1) is 13.2 Å². The highest BCUT2D eigenvalue weighted by atomic mass is 16.4. The smallest absolute Gasteiger partial charge is 0.150 e. The first-order valence-corrected chi connectivity index (χ1v) is 5.89. The molecular formula is C14H19NO4. The van der Waals surface area contributed by atoms with Crippen LogP contribution in [0.3, 0.4) is 0 Å². The Morgan fingerprint density at radius 3 is 2.58 bits per heavy atom. The van der Waals surface area contributed by atoms with E-state index in [1.165, 1.54) is 0 Å². The molecule has 0 aliphatic rings. The van der Waals surface area contributed by atoms with E-state index in [4.69, 9.17) is 0 Å². The van der Waals surface area contributed by atoms with E-state index >= 15 is 0 Å². The van der Waals surface area contributed by atoms with Gasteiger partial charge in [-0.15, -0.1) is 0 Å². The van der Waals surface area contributed by atoms with E-state index in [0.717, 1.165) is 10.9 Å². The lowest BCUT2D eigenvalue weighted by molar-refractivity contribution is -0.115. The number of fused-ring (bicyclic) bond motifs is 1. The van der Waals surface area contributed by atoms with Gasteiger partial charge in [0.25, 0.3) is 0 Å². The van der Waals surface area contributed by atoms with Gasteiger partial charge in [0, 0.05) is 25.4 Å². The monoisotopic (exact) mass is 265 g/mol. The normalized spacial score (nSPS) is 11.8. The number of carbonyl (C=O) groups excluding carboxylic acids is 1. The van der Waals surface area contributed by atoms with Crippen molar-refractivity contribution in [3.8, 4) is 0 Å². The van der Waals surface area contributed by atoms with E-state index in [-0.39, 0.29) is 13.2 Å². The molecule has 0 amide bonds. The summed E-state index contributed by atoms with van der Waals surface area (Å²) in [5.74, 6) is 0.